The van der Waals surface area contributed by atoms with Gasteiger partial charge in [-0.1, -0.05) is 0 Å². The molecule has 0 spiro atoms. The van der Waals surface area contributed by atoms with E-state index in [1.54, 1.807) is 3.88 Å². The minimum Gasteiger partial charge on any atom is -0.147 e. The topological polar surface area (TPSA) is 9.23 Å². The molecule has 23 heavy (non-hydrogen) atoms. The van der Waals surface area contributed by atoms with Gasteiger partial charge in [-0.15, -0.1) is 24.8 Å². The van der Waals surface area contributed by atoms with Gasteiger partial charge in [0.1, 0.15) is 0 Å². The first-order valence-electron chi connectivity index (χ1n) is 7.80. The van der Waals surface area contributed by atoms with Gasteiger partial charge in [-0.05, 0) is 0 Å². The predicted octanol–water partition coefficient (Wildman–Crippen LogP) is 5.12. The van der Waals surface area contributed by atoms with Gasteiger partial charge >= 0.3 is 138 Å². The van der Waals surface area contributed by atoms with E-state index in [2.05, 4.69) is 76.1 Å². The first-order valence-corrected chi connectivity index (χ1v) is 18.3. The van der Waals surface area contributed by atoms with Crippen molar-refractivity contribution in [1.82, 2.24) is 0 Å². The smallest absolute Gasteiger partial charge is 0.147 e. The van der Waals surface area contributed by atoms with Crippen molar-refractivity contribution in [2.75, 3.05) is 0 Å². The zero-order valence-electron chi connectivity index (χ0n) is 15.0. The molecule has 0 unspecified atom stereocenters. The Labute approximate surface area is 162 Å². The zero-order chi connectivity index (χ0) is 15.6. The third-order valence-corrected chi connectivity index (χ3v) is 16.0. The average Bonchev–Trinajstić information content (AvgIpc) is 2.87. The van der Waals surface area contributed by atoms with Crippen LogP contribution in [-0.4, -0.2) is 14.7 Å². The molecule has 1 aromatic carbocycles. The Bertz CT molecular complexity index is 580. The molecular formula is C17H29Cl2OSi2Ti. The van der Waals surface area contributed by atoms with Crippen molar-refractivity contribution in [3.63, 3.8) is 0 Å². The molecule has 6 heteroatoms. The minimum atomic E-state index is -1.54. The van der Waals surface area contributed by atoms with Crippen LogP contribution < -0.4 is 8.51 Å². The summed E-state index contributed by atoms with van der Waals surface area (Å²) in [6.07, 6.45) is 7.92. The Kier molecular flexibility index (Phi) is 9.74. The SMILES string of the molecule is Cc1cc([O][Ti]([C]2=CC=CC2)[SiH](C)C)cc([Si](C)(C)C)c1.Cl.Cl. The monoisotopic (exact) mass is 423 g/mol. The van der Waals surface area contributed by atoms with Crippen molar-refractivity contribution < 1.29 is 20.8 Å². The van der Waals surface area contributed by atoms with Crippen LogP contribution in [0.3, 0.4) is 0 Å². The van der Waals surface area contributed by atoms with Crippen molar-refractivity contribution >= 4 is 44.7 Å². The summed E-state index contributed by atoms with van der Waals surface area (Å²) in [5.74, 6) is 1.14. The second-order valence-corrected chi connectivity index (χ2v) is 24.6. The van der Waals surface area contributed by atoms with E-state index >= 15 is 0 Å². The molecule has 0 atom stereocenters. The second-order valence-electron chi connectivity index (χ2n) is 7.23. The van der Waals surface area contributed by atoms with Crippen LogP contribution in [0.2, 0.25) is 32.7 Å². The molecular weight excluding hydrogens is 395 g/mol. The van der Waals surface area contributed by atoms with Crippen LogP contribution in [0.4, 0.5) is 0 Å². The number of benzene rings is 1. The van der Waals surface area contributed by atoms with E-state index in [9.17, 15) is 0 Å². The summed E-state index contributed by atoms with van der Waals surface area (Å²) in [7, 11) is -1.28. The standard InChI is InChI=1S/C10H16OSi.C5H5.C2H7Si.2ClH.Ti/c1-8-5-9(11)7-10(6-8)12(2,3)4;1-2-4-5-3-1;1-3-2;;;/h5-7,11H,1-4H3;1-3H,4H2;3H,1-2H3;2*1H;/q;;;;;+1/p-1. The molecule has 0 saturated heterocycles. The van der Waals surface area contributed by atoms with Crippen LogP contribution in [0.15, 0.2) is 40.3 Å². The summed E-state index contributed by atoms with van der Waals surface area (Å²) in [6.45, 7) is 13.6. The van der Waals surface area contributed by atoms with E-state index in [0.717, 1.165) is 12.2 Å². The fraction of sp³-hybridized carbons (Fsp3) is 0.412. The Morgan fingerprint density at radius 2 is 1.74 bits per heavy atom. The summed E-state index contributed by atoms with van der Waals surface area (Å²) in [5, 5.41) is 1.51. The van der Waals surface area contributed by atoms with Gasteiger partial charge < -0.3 is 0 Å². The number of halogens is 2. The number of hydrogen-bond donors (Lipinski definition) is 0. The Morgan fingerprint density at radius 1 is 1.09 bits per heavy atom. The third-order valence-electron chi connectivity index (χ3n) is 3.76. The molecule has 0 fully saturated rings. The molecule has 1 nitrogen and oxygen atoms in total. The van der Waals surface area contributed by atoms with E-state index in [0.29, 0.717) is 0 Å². The molecule has 1 aromatic rings. The van der Waals surface area contributed by atoms with Crippen LogP contribution in [0, 0.1) is 6.92 Å². The van der Waals surface area contributed by atoms with Gasteiger partial charge in [-0.25, -0.2) is 0 Å². The molecule has 0 bridgehead atoms. The average molecular weight is 424 g/mol. The largest absolute Gasteiger partial charge is 0.147 e. The minimum absolute atomic E-state index is 0. The van der Waals surface area contributed by atoms with Crippen molar-refractivity contribution in [2.24, 2.45) is 0 Å². The van der Waals surface area contributed by atoms with Crippen LogP contribution in [0.5, 0.6) is 5.75 Å². The summed E-state index contributed by atoms with van der Waals surface area (Å²) < 4.78 is 8.24. The maximum Gasteiger partial charge on any atom is -0.147 e. The summed E-state index contributed by atoms with van der Waals surface area (Å²) in [4.78, 5) is 0. The predicted molar refractivity (Wildman–Crippen MR) is 110 cm³/mol. The molecule has 2 rings (SSSR count). The molecule has 1 aliphatic carbocycles. The van der Waals surface area contributed by atoms with E-state index in [4.69, 9.17) is 3.32 Å². The van der Waals surface area contributed by atoms with Crippen molar-refractivity contribution in [3.05, 3.63) is 45.9 Å². The maximum atomic E-state index is 6.62. The quantitative estimate of drug-likeness (QED) is 0.596. The van der Waals surface area contributed by atoms with E-state index in [1.807, 2.05) is 0 Å². The first-order chi connectivity index (χ1) is 9.77. The maximum absolute atomic E-state index is 6.62. The van der Waals surface area contributed by atoms with Gasteiger partial charge in [0.05, 0.1) is 0 Å². The van der Waals surface area contributed by atoms with E-state index in [1.165, 1.54) is 10.8 Å². The molecule has 129 valence electrons. The number of hydrogen-bond acceptors (Lipinski definition) is 1. The fourth-order valence-corrected chi connectivity index (χ4v) is 12.5. The molecule has 0 saturated carbocycles. The van der Waals surface area contributed by atoms with Crippen molar-refractivity contribution in [2.45, 2.75) is 46.1 Å². The van der Waals surface area contributed by atoms with E-state index < -0.39 is 32.3 Å². The van der Waals surface area contributed by atoms with Crippen LogP contribution in [-0.2, 0) is 17.5 Å². The molecule has 0 aliphatic heterocycles. The third kappa shape index (κ3) is 6.56. The molecule has 0 aromatic heterocycles. The molecule has 1 aliphatic rings. The number of rotatable bonds is 5. The Hall–Kier alpha value is 0.228. The Balaban J connectivity index is 0.00000242. The van der Waals surface area contributed by atoms with Gasteiger partial charge in [-0.3, -0.25) is 0 Å². The second kappa shape index (κ2) is 9.64. The Morgan fingerprint density at radius 3 is 2.22 bits per heavy atom. The normalized spacial score (nSPS) is 13.3. The zero-order valence-corrected chi connectivity index (χ0v) is 20.3. The van der Waals surface area contributed by atoms with Gasteiger partial charge in [0.15, 0.2) is 0 Å². The van der Waals surface area contributed by atoms with Crippen molar-refractivity contribution in [3.8, 4) is 5.75 Å². The number of allylic oxidation sites excluding steroid dienone is 4. The van der Waals surface area contributed by atoms with Crippen LogP contribution >= 0.6 is 24.8 Å². The number of aryl methyl sites for hydroxylation is 1. The summed E-state index contributed by atoms with van der Waals surface area (Å²) >= 11 is -1.54. The van der Waals surface area contributed by atoms with Gasteiger partial charge in [0, 0.05) is 0 Å². The van der Waals surface area contributed by atoms with Gasteiger partial charge in [-0.2, -0.15) is 0 Å². The molecule has 0 radical (unpaired) electrons. The fourth-order valence-electron chi connectivity index (χ4n) is 2.55. The summed E-state index contributed by atoms with van der Waals surface area (Å²) in [6, 6.07) is 6.91. The van der Waals surface area contributed by atoms with Gasteiger partial charge in [0.25, 0.3) is 0 Å². The molecule has 0 heterocycles. The van der Waals surface area contributed by atoms with Crippen LogP contribution in [0.1, 0.15) is 12.0 Å². The molecule has 0 amide bonds. The summed E-state index contributed by atoms with van der Waals surface area (Å²) in [5.41, 5.74) is 1.34. The first kappa shape index (κ1) is 23.2. The van der Waals surface area contributed by atoms with Gasteiger partial charge in [0.2, 0.25) is 0 Å². The van der Waals surface area contributed by atoms with E-state index in [-0.39, 0.29) is 24.8 Å². The van der Waals surface area contributed by atoms with Crippen molar-refractivity contribution in [1.29, 1.82) is 0 Å². The molecule has 0 N–H and O–H groups in total. The van der Waals surface area contributed by atoms with Crippen LogP contribution in [0.25, 0.3) is 0 Å².